The fourth-order valence-electron chi connectivity index (χ4n) is 5.84. The average Bonchev–Trinajstić information content (AvgIpc) is 3.77. The Kier molecular flexibility index (Phi) is 7.75. The number of piperazine rings is 1. The summed E-state index contributed by atoms with van der Waals surface area (Å²) in [5.41, 5.74) is -1.62. The molecular weight excluding hydrogens is 537 g/mol. The van der Waals surface area contributed by atoms with Crippen LogP contribution in [-0.4, -0.2) is 65.8 Å². The summed E-state index contributed by atoms with van der Waals surface area (Å²) in [6.45, 7) is 1.13. The molecule has 2 heterocycles. The van der Waals surface area contributed by atoms with Crippen LogP contribution >= 0.6 is 0 Å². The molecule has 40 heavy (non-hydrogen) atoms. The summed E-state index contributed by atoms with van der Waals surface area (Å²) in [5, 5.41) is 12.6. The van der Waals surface area contributed by atoms with Gasteiger partial charge in [-0.05, 0) is 79.6 Å². The zero-order valence-corrected chi connectivity index (χ0v) is 21.6. The standard InChI is InChI=1S/C28H30F5N3O4/c29-20-3-5-22(6-4-20)36-10-9-35(15-24(36)25(37)38)23-7-8-27(40-16-23,18-1-2-18)26(39)34-14-17-11-19(28(31,32)33)13-21(30)12-17/h3-6,11-13,18,23-24H,1-2,7-10,14-16H2,(H,34,39)(H,37,38)/t23?,24?,27-/m0/s1. The Labute approximate surface area is 227 Å². The number of carbonyl (C=O) groups excluding carboxylic acids is 1. The summed E-state index contributed by atoms with van der Waals surface area (Å²) >= 11 is 0. The van der Waals surface area contributed by atoms with Crippen molar-refractivity contribution in [1.82, 2.24) is 10.2 Å². The number of nitrogens with one attached hydrogen (secondary N) is 1. The minimum absolute atomic E-state index is 0.000884. The minimum Gasteiger partial charge on any atom is -0.480 e. The number of aliphatic carboxylic acids is 1. The van der Waals surface area contributed by atoms with Gasteiger partial charge in [0.25, 0.3) is 5.91 Å². The highest BCUT2D eigenvalue weighted by Crippen LogP contribution is 2.47. The van der Waals surface area contributed by atoms with Gasteiger partial charge in [-0.3, -0.25) is 9.69 Å². The largest absolute Gasteiger partial charge is 0.480 e. The predicted molar refractivity (Wildman–Crippen MR) is 134 cm³/mol. The van der Waals surface area contributed by atoms with Gasteiger partial charge in [0.2, 0.25) is 0 Å². The van der Waals surface area contributed by atoms with Crippen molar-refractivity contribution in [2.45, 2.75) is 56.1 Å². The van der Waals surface area contributed by atoms with E-state index in [2.05, 4.69) is 5.32 Å². The lowest BCUT2D eigenvalue weighted by Gasteiger charge is -2.47. The molecule has 3 atom stereocenters. The fraction of sp³-hybridized carbons (Fsp3) is 0.500. The van der Waals surface area contributed by atoms with Gasteiger partial charge in [0.05, 0.1) is 12.2 Å². The number of alkyl halides is 3. The topological polar surface area (TPSA) is 82.1 Å². The zero-order chi connectivity index (χ0) is 28.7. The number of hydrogen-bond donors (Lipinski definition) is 2. The Morgan fingerprint density at radius 2 is 1.75 bits per heavy atom. The third kappa shape index (κ3) is 5.92. The Bertz CT molecular complexity index is 1240. The van der Waals surface area contributed by atoms with Crippen LogP contribution in [0.4, 0.5) is 27.6 Å². The first-order valence-electron chi connectivity index (χ1n) is 13.2. The van der Waals surface area contributed by atoms with Gasteiger partial charge in [0, 0.05) is 37.9 Å². The first kappa shape index (κ1) is 28.3. The summed E-state index contributed by atoms with van der Waals surface area (Å²) in [4.78, 5) is 29.2. The van der Waals surface area contributed by atoms with Crippen LogP contribution in [0.2, 0.25) is 0 Å². The number of benzene rings is 2. The van der Waals surface area contributed by atoms with Crippen LogP contribution in [0.1, 0.15) is 36.8 Å². The molecular formula is C28H30F5N3O4. The van der Waals surface area contributed by atoms with Crippen molar-refractivity contribution in [3.05, 3.63) is 65.2 Å². The van der Waals surface area contributed by atoms with Crippen LogP contribution in [0.15, 0.2) is 42.5 Å². The molecule has 216 valence electrons. The maximum atomic E-state index is 13.8. The maximum absolute atomic E-state index is 13.8. The monoisotopic (exact) mass is 567 g/mol. The van der Waals surface area contributed by atoms with Gasteiger partial charge in [-0.2, -0.15) is 13.2 Å². The molecule has 0 spiro atoms. The summed E-state index contributed by atoms with van der Waals surface area (Å²) < 4.78 is 72.6. The number of amides is 1. The Hall–Kier alpha value is -3.25. The summed E-state index contributed by atoms with van der Waals surface area (Å²) in [6.07, 6.45) is -2.19. The second kappa shape index (κ2) is 11.0. The zero-order valence-electron chi connectivity index (χ0n) is 21.6. The Morgan fingerprint density at radius 1 is 1.02 bits per heavy atom. The van der Waals surface area contributed by atoms with Crippen molar-refractivity contribution in [3.8, 4) is 0 Å². The quantitative estimate of drug-likeness (QED) is 0.489. The predicted octanol–water partition coefficient (Wildman–Crippen LogP) is 4.20. The lowest BCUT2D eigenvalue weighted by Crippen LogP contribution is -2.62. The molecule has 0 bridgehead atoms. The maximum Gasteiger partial charge on any atom is 0.416 e. The lowest BCUT2D eigenvalue weighted by molar-refractivity contribution is -0.165. The molecule has 3 aliphatic rings. The van der Waals surface area contributed by atoms with E-state index in [9.17, 15) is 36.6 Å². The van der Waals surface area contributed by atoms with Gasteiger partial charge >= 0.3 is 12.1 Å². The number of anilines is 1. The van der Waals surface area contributed by atoms with Crippen LogP contribution in [0, 0.1) is 17.6 Å². The van der Waals surface area contributed by atoms with E-state index in [1.165, 1.54) is 12.1 Å². The molecule has 2 unspecified atom stereocenters. The smallest absolute Gasteiger partial charge is 0.416 e. The Balaban J connectivity index is 1.22. The van der Waals surface area contributed by atoms with Gasteiger partial charge in [0.1, 0.15) is 23.3 Å². The molecule has 0 radical (unpaired) electrons. The SMILES string of the molecule is O=C(O)C1CN(C2CC[C@@](C(=O)NCc3cc(F)cc(C(F)(F)F)c3)(C3CC3)OC2)CCN1c1ccc(F)cc1. The molecule has 5 rings (SSSR count). The number of carbonyl (C=O) groups is 2. The molecule has 2 saturated heterocycles. The lowest BCUT2D eigenvalue weighted by atomic mass is 9.85. The van der Waals surface area contributed by atoms with Gasteiger partial charge in [-0.1, -0.05) is 0 Å². The van der Waals surface area contributed by atoms with Crippen molar-refractivity contribution >= 4 is 17.6 Å². The van der Waals surface area contributed by atoms with E-state index < -0.39 is 46.9 Å². The van der Waals surface area contributed by atoms with Crippen LogP contribution in [0.3, 0.4) is 0 Å². The van der Waals surface area contributed by atoms with Crippen molar-refractivity contribution < 1.29 is 41.4 Å². The number of hydrogen-bond acceptors (Lipinski definition) is 5. The highest BCUT2D eigenvalue weighted by molar-refractivity contribution is 5.86. The van der Waals surface area contributed by atoms with Crippen LogP contribution < -0.4 is 10.2 Å². The second-order valence-electron chi connectivity index (χ2n) is 10.7. The molecule has 2 aromatic rings. The number of ether oxygens (including phenoxy) is 1. The van der Waals surface area contributed by atoms with Crippen molar-refractivity contribution in [3.63, 3.8) is 0 Å². The number of halogens is 5. The highest BCUT2D eigenvalue weighted by Gasteiger charge is 2.54. The van der Waals surface area contributed by atoms with Crippen molar-refractivity contribution in [2.24, 2.45) is 5.92 Å². The van der Waals surface area contributed by atoms with E-state index in [0.29, 0.717) is 37.7 Å². The third-order valence-electron chi connectivity index (χ3n) is 8.11. The van der Waals surface area contributed by atoms with Gasteiger partial charge in [-0.15, -0.1) is 0 Å². The normalized spacial score (nSPS) is 26.0. The van der Waals surface area contributed by atoms with Crippen molar-refractivity contribution in [1.29, 1.82) is 0 Å². The molecule has 1 aliphatic carbocycles. The van der Waals surface area contributed by atoms with E-state index in [1.807, 2.05) is 4.90 Å². The van der Waals surface area contributed by atoms with Crippen LogP contribution in [0.5, 0.6) is 0 Å². The molecule has 1 saturated carbocycles. The summed E-state index contributed by atoms with van der Waals surface area (Å²) in [6, 6.07) is 6.93. The van der Waals surface area contributed by atoms with E-state index in [1.54, 1.807) is 17.0 Å². The van der Waals surface area contributed by atoms with Gasteiger partial charge < -0.3 is 20.1 Å². The van der Waals surface area contributed by atoms with E-state index in [4.69, 9.17) is 4.74 Å². The summed E-state index contributed by atoms with van der Waals surface area (Å²) in [7, 11) is 0. The van der Waals surface area contributed by atoms with Gasteiger partial charge in [-0.25, -0.2) is 13.6 Å². The molecule has 1 amide bonds. The first-order chi connectivity index (χ1) is 19.0. The van der Waals surface area contributed by atoms with Crippen LogP contribution in [-0.2, 0) is 27.0 Å². The van der Waals surface area contributed by atoms with E-state index in [-0.39, 0.29) is 37.2 Å². The number of nitrogens with zero attached hydrogens (tertiary/aromatic N) is 2. The minimum atomic E-state index is -4.71. The third-order valence-corrected chi connectivity index (χ3v) is 8.11. The van der Waals surface area contributed by atoms with Crippen LogP contribution in [0.25, 0.3) is 0 Å². The average molecular weight is 568 g/mol. The summed E-state index contributed by atoms with van der Waals surface area (Å²) in [5.74, 6) is -2.89. The second-order valence-corrected chi connectivity index (χ2v) is 10.7. The van der Waals surface area contributed by atoms with E-state index >= 15 is 0 Å². The fourth-order valence-corrected chi connectivity index (χ4v) is 5.84. The molecule has 7 nitrogen and oxygen atoms in total. The molecule has 2 aromatic carbocycles. The van der Waals surface area contributed by atoms with E-state index in [0.717, 1.165) is 25.0 Å². The first-order valence-corrected chi connectivity index (χ1v) is 13.2. The Morgan fingerprint density at radius 3 is 2.35 bits per heavy atom. The van der Waals surface area contributed by atoms with Crippen molar-refractivity contribution in [2.75, 3.05) is 31.1 Å². The molecule has 12 heteroatoms. The molecule has 0 aromatic heterocycles. The van der Waals surface area contributed by atoms with Gasteiger partial charge in [0.15, 0.2) is 0 Å². The molecule has 2 aliphatic heterocycles. The molecule has 3 fully saturated rings. The number of carboxylic acid groups (broad SMARTS) is 1. The number of rotatable bonds is 7. The molecule has 2 N–H and O–H groups in total. The highest BCUT2D eigenvalue weighted by atomic mass is 19.4. The number of carboxylic acids is 1.